The molecule has 0 aliphatic carbocycles. The van der Waals surface area contributed by atoms with Gasteiger partial charge in [-0.25, -0.2) is 4.98 Å². The molecule has 9 heteroatoms. The first-order valence-corrected chi connectivity index (χ1v) is 12.5. The van der Waals surface area contributed by atoms with E-state index in [1.54, 1.807) is 16.0 Å². The van der Waals surface area contributed by atoms with Crippen LogP contribution in [0.4, 0.5) is 0 Å². The summed E-state index contributed by atoms with van der Waals surface area (Å²) in [4.78, 5) is 19.8. The van der Waals surface area contributed by atoms with Gasteiger partial charge in [0.2, 0.25) is 11.1 Å². The van der Waals surface area contributed by atoms with Gasteiger partial charge in [0, 0.05) is 19.0 Å². The third-order valence-electron chi connectivity index (χ3n) is 5.85. The first-order valence-electron chi connectivity index (χ1n) is 10.7. The van der Waals surface area contributed by atoms with Crippen LogP contribution in [0.15, 0.2) is 47.6 Å². The lowest BCUT2D eigenvalue weighted by Gasteiger charge is -2.31. The Balaban J connectivity index is 1.26. The number of thiazole rings is 1. The Bertz CT molecular complexity index is 1210. The molecule has 0 bridgehead atoms. The number of benzene rings is 2. The van der Waals surface area contributed by atoms with Crippen LogP contribution in [-0.2, 0) is 4.79 Å². The van der Waals surface area contributed by atoms with Crippen LogP contribution in [0.5, 0.6) is 0 Å². The molecule has 32 heavy (non-hydrogen) atoms. The highest BCUT2D eigenvalue weighted by atomic mass is 32.2. The predicted molar refractivity (Wildman–Crippen MR) is 128 cm³/mol. The number of amides is 1. The van der Waals surface area contributed by atoms with Gasteiger partial charge in [-0.1, -0.05) is 42.1 Å². The minimum Gasteiger partial charge on any atom is -0.341 e. The summed E-state index contributed by atoms with van der Waals surface area (Å²) in [5, 5.41) is 14.0. The van der Waals surface area contributed by atoms with Crippen molar-refractivity contribution in [1.29, 1.82) is 0 Å². The Morgan fingerprint density at radius 3 is 2.78 bits per heavy atom. The van der Waals surface area contributed by atoms with E-state index < -0.39 is 0 Å². The molecule has 5 rings (SSSR count). The number of aryl methyl sites for hydroxylation is 2. The van der Waals surface area contributed by atoms with E-state index in [9.17, 15) is 4.79 Å². The SMILES string of the molecule is Cc1cccc(C)c1-n1nnnc1SCC(=O)N1CCCC(c2nc3ccccc3s2)C1. The van der Waals surface area contributed by atoms with Crippen LogP contribution in [-0.4, -0.2) is 54.8 Å². The number of fused-ring (bicyclic) bond motifs is 1. The Kier molecular flexibility index (Phi) is 5.93. The molecule has 1 aliphatic heterocycles. The average Bonchev–Trinajstić information content (AvgIpc) is 3.44. The minimum atomic E-state index is 0.122. The zero-order chi connectivity index (χ0) is 22.1. The summed E-state index contributed by atoms with van der Waals surface area (Å²) < 4.78 is 2.95. The number of tetrazole rings is 1. The fourth-order valence-electron chi connectivity index (χ4n) is 4.24. The van der Waals surface area contributed by atoms with Crippen molar-refractivity contribution in [2.45, 2.75) is 37.8 Å². The standard InChI is InChI=1S/C23H24N6OS2/c1-15-7-5-8-16(2)21(15)29-23(25-26-27-29)31-14-20(30)28-12-6-9-17(13-28)22-24-18-10-3-4-11-19(18)32-22/h3-5,7-8,10-11,17H,6,9,12-14H2,1-2H3. The second kappa shape index (κ2) is 8.99. The summed E-state index contributed by atoms with van der Waals surface area (Å²) in [7, 11) is 0. The zero-order valence-corrected chi connectivity index (χ0v) is 19.7. The molecule has 4 aromatic rings. The molecule has 2 aromatic heterocycles. The largest absolute Gasteiger partial charge is 0.341 e. The lowest BCUT2D eigenvalue weighted by molar-refractivity contribution is -0.129. The van der Waals surface area contributed by atoms with Gasteiger partial charge in [0.25, 0.3) is 0 Å². The molecule has 0 saturated carbocycles. The molecule has 1 fully saturated rings. The molecule has 1 amide bonds. The van der Waals surface area contributed by atoms with Crippen molar-refractivity contribution in [3.8, 4) is 5.69 Å². The molecule has 0 spiro atoms. The highest BCUT2D eigenvalue weighted by Crippen LogP contribution is 2.33. The predicted octanol–water partition coefficient (Wildman–Crippen LogP) is 4.39. The van der Waals surface area contributed by atoms with Crippen LogP contribution in [0, 0.1) is 13.8 Å². The fraction of sp³-hybridized carbons (Fsp3) is 0.348. The van der Waals surface area contributed by atoms with Crippen molar-refractivity contribution in [2.75, 3.05) is 18.8 Å². The minimum absolute atomic E-state index is 0.122. The van der Waals surface area contributed by atoms with Crippen molar-refractivity contribution >= 4 is 39.2 Å². The quantitative estimate of drug-likeness (QED) is 0.408. The van der Waals surface area contributed by atoms with Gasteiger partial charge in [-0.15, -0.1) is 16.4 Å². The van der Waals surface area contributed by atoms with Crippen LogP contribution in [0.25, 0.3) is 15.9 Å². The summed E-state index contributed by atoms with van der Waals surface area (Å²) in [5.41, 5.74) is 4.21. The van der Waals surface area contributed by atoms with Gasteiger partial charge in [0.15, 0.2) is 0 Å². The van der Waals surface area contributed by atoms with E-state index in [2.05, 4.69) is 27.7 Å². The lowest BCUT2D eigenvalue weighted by Crippen LogP contribution is -2.40. The first-order chi connectivity index (χ1) is 15.6. The van der Waals surface area contributed by atoms with Crippen LogP contribution < -0.4 is 0 Å². The number of likely N-dealkylation sites (tertiary alicyclic amines) is 1. The Labute approximate surface area is 194 Å². The number of carbonyl (C=O) groups excluding carboxylic acids is 1. The highest BCUT2D eigenvalue weighted by molar-refractivity contribution is 7.99. The topological polar surface area (TPSA) is 76.8 Å². The molecule has 7 nitrogen and oxygen atoms in total. The molecule has 0 N–H and O–H groups in total. The summed E-state index contributed by atoms with van der Waals surface area (Å²) in [6.45, 7) is 5.60. The Hall–Kier alpha value is -2.78. The molecule has 1 unspecified atom stereocenters. The number of hydrogen-bond donors (Lipinski definition) is 0. The maximum Gasteiger partial charge on any atom is 0.233 e. The number of rotatable bonds is 5. The van der Waals surface area contributed by atoms with Crippen molar-refractivity contribution in [3.05, 3.63) is 58.6 Å². The Morgan fingerprint density at radius 1 is 1.16 bits per heavy atom. The second-order valence-corrected chi connectivity index (χ2v) is 10.1. The molecule has 1 aliphatic rings. The van der Waals surface area contributed by atoms with Gasteiger partial charge in [0.05, 0.1) is 26.7 Å². The van der Waals surface area contributed by atoms with Crippen LogP contribution >= 0.6 is 23.1 Å². The van der Waals surface area contributed by atoms with Crippen molar-refractivity contribution in [2.24, 2.45) is 0 Å². The third-order valence-corrected chi connectivity index (χ3v) is 7.95. The van der Waals surface area contributed by atoms with E-state index in [4.69, 9.17) is 4.98 Å². The van der Waals surface area contributed by atoms with Gasteiger partial charge in [-0.05, 0) is 60.4 Å². The number of piperidine rings is 1. The monoisotopic (exact) mass is 464 g/mol. The number of nitrogens with zero attached hydrogens (tertiary/aromatic N) is 6. The molecule has 2 aromatic carbocycles. The van der Waals surface area contributed by atoms with Crippen LogP contribution in [0.3, 0.4) is 0 Å². The molecular weight excluding hydrogens is 440 g/mol. The number of aromatic nitrogens is 5. The normalized spacial score (nSPS) is 16.6. The van der Waals surface area contributed by atoms with Crippen LogP contribution in [0.1, 0.15) is 34.9 Å². The van der Waals surface area contributed by atoms with E-state index in [-0.39, 0.29) is 5.91 Å². The molecular formula is C23H24N6OS2. The van der Waals surface area contributed by atoms with Crippen molar-refractivity contribution in [3.63, 3.8) is 0 Å². The summed E-state index contributed by atoms with van der Waals surface area (Å²) in [5.74, 6) is 0.740. The smallest absolute Gasteiger partial charge is 0.233 e. The molecule has 0 radical (unpaired) electrons. The van der Waals surface area contributed by atoms with Gasteiger partial charge in [0.1, 0.15) is 0 Å². The second-order valence-electron chi connectivity index (χ2n) is 8.10. The number of thioether (sulfide) groups is 1. The average molecular weight is 465 g/mol. The highest BCUT2D eigenvalue weighted by Gasteiger charge is 2.27. The maximum absolute atomic E-state index is 13.0. The number of para-hydroxylation sites is 2. The van der Waals surface area contributed by atoms with E-state index in [1.807, 2.05) is 49.1 Å². The van der Waals surface area contributed by atoms with Gasteiger partial charge in [-0.2, -0.15) is 4.68 Å². The van der Waals surface area contributed by atoms with Crippen LogP contribution in [0.2, 0.25) is 0 Å². The number of hydrogen-bond acceptors (Lipinski definition) is 7. The van der Waals surface area contributed by atoms with Gasteiger partial charge < -0.3 is 4.90 Å². The third kappa shape index (κ3) is 4.14. The molecule has 3 heterocycles. The molecule has 1 atom stereocenters. The number of carbonyl (C=O) groups is 1. The Morgan fingerprint density at radius 2 is 1.97 bits per heavy atom. The van der Waals surface area contributed by atoms with E-state index in [0.29, 0.717) is 16.8 Å². The van der Waals surface area contributed by atoms with Crippen molar-refractivity contribution in [1.82, 2.24) is 30.1 Å². The summed E-state index contributed by atoms with van der Waals surface area (Å²) >= 11 is 3.14. The van der Waals surface area contributed by atoms with E-state index >= 15 is 0 Å². The first kappa shape index (κ1) is 21.1. The summed E-state index contributed by atoms with van der Waals surface area (Å²) in [6.07, 6.45) is 2.07. The van der Waals surface area contributed by atoms with E-state index in [1.165, 1.54) is 16.5 Å². The maximum atomic E-state index is 13.0. The fourth-order valence-corrected chi connectivity index (χ4v) is 6.11. The zero-order valence-electron chi connectivity index (χ0n) is 18.1. The van der Waals surface area contributed by atoms with Gasteiger partial charge >= 0.3 is 0 Å². The van der Waals surface area contributed by atoms with Gasteiger partial charge in [-0.3, -0.25) is 4.79 Å². The molecule has 1 saturated heterocycles. The lowest BCUT2D eigenvalue weighted by atomic mass is 9.99. The van der Waals surface area contributed by atoms with E-state index in [0.717, 1.165) is 53.3 Å². The summed E-state index contributed by atoms with van der Waals surface area (Å²) in [6, 6.07) is 14.3. The van der Waals surface area contributed by atoms with Crippen molar-refractivity contribution < 1.29 is 4.79 Å². The molecule has 164 valence electrons.